The number of ether oxygens (including phenoxy) is 3. The summed E-state index contributed by atoms with van der Waals surface area (Å²) in [7, 11) is 3.49. The molecule has 0 radical (unpaired) electrons. The smallest absolute Gasteiger partial charge is 0.490 e. The fraction of sp³-hybridized carbons (Fsp3) is 0.652. The molecule has 0 aromatic heterocycles. The van der Waals surface area contributed by atoms with E-state index in [2.05, 4.69) is 28.0 Å². The highest BCUT2D eigenvalue weighted by Crippen LogP contribution is 2.31. The predicted octanol–water partition coefficient (Wildman–Crippen LogP) is 3.28. The molecule has 1 aromatic carbocycles. The van der Waals surface area contributed by atoms with Gasteiger partial charge in [0.25, 0.3) is 0 Å². The Kier molecular flexibility index (Phi) is 13.3. The first-order valence-electron chi connectivity index (χ1n) is 11.4. The van der Waals surface area contributed by atoms with Gasteiger partial charge in [-0.2, -0.15) is 26.3 Å². The monoisotopic (exact) mass is 562 g/mol. The molecule has 2 fully saturated rings. The van der Waals surface area contributed by atoms with Gasteiger partial charge in [-0.05, 0) is 30.5 Å². The number of alkyl halides is 6. The number of carboxylic acid groups (broad SMARTS) is 2. The van der Waals surface area contributed by atoms with Crippen LogP contribution in [0.25, 0.3) is 0 Å². The standard InChI is InChI=1S/C19H30N2O3.2C2HF3O2/c1-22-12-10-20-8-6-19(7-9-20)16-21(11-13-24-19)15-17-4-3-5-18(14-17)23-2;2*3-2(4,5)1(6)7/h3-5,14H,6-13,15-16H2,1-2H3;2*(H,6,7). The highest BCUT2D eigenvalue weighted by atomic mass is 19.4. The molecule has 1 spiro atoms. The number of piperidine rings is 1. The Labute approximate surface area is 215 Å². The molecule has 0 bridgehead atoms. The minimum Gasteiger partial charge on any atom is -0.497 e. The molecule has 9 nitrogen and oxygen atoms in total. The van der Waals surface area contributed by atoms with Gasteiger partial charge in [0.05, 0.1) is 25.9 Å². The minimum absolute atomic E-state index is 0.0423. The second-order valence-corrected chi connectivity index (χ2v) is 8.53. The molecular formula is C23H32F6N2O7. The molecule has 0 amide bonds. The first kappa shape index (κ1) is 33.4. The summed E-state index contributed by atoms with van der Waals surface area (Å²) in [4.78, 5) is 22.8. The topological polar surface area (TPSA) is 109 Å². The van der Waals surface area contributed by atoms with Gasteiger partial charge < -0.3 is 29.3 Å². The van der Waals surface area contributed by atoms with Crippen molar-refractivity contribution in [3.05, 3.63) is 29.8 Å². The Morgan fingerprint density at radius 1 is 0.974 bits per heavy atom. The van der Waals surface area contributed by atoms with Crippen molar-refractivity contribution in [2.45, 2.75) is 37.3 Å². The second kappa shape index (κ2) is 15.1. The van der Waals surface area contributed by atoms with Crippen molar-refractivity contribution in [1.29, 1.82) is 0 Å². The van der Waals surface area contributed by atoms with Crippen molar-refractivity contribution in [2.75, 3.05) is 60.2 Å². The average Bonchev–Trinajstić information content (AvgIpc) is 2.83. The lowest BCUT2D eigenvalue weighted by Crippen LogP contribution is -2.56. The molecule has 218 valence electrons. The summed E-state index contributed by atoms with van der Waals surface area (Å²) in [5.41, 5.74) is 1.35. The Morgan fingerprint density at radius 2 is 1.53 bits per heavy atom. The first-order chi connectivity index (χ1) is 17.6. The predicted molar refractivity (Wildman–Crippen MR) is 122 cm³/mol. The average molecular weight is 563 g/mol. The summed E-state index contributed by atoms with van der Waals surface area (Å²) in [6.45, 7) is 7.90. The molecule has 0 atom stereocenters. The van der Waals surface area contributed by atoms with Gasteiger partial charge in [-0.3, -0.25) is 4.90 Å². The molecule has 0 aliphatic carbocycles. The van der Waals surface area contributed by atoms with E-state index in [9.17, 15) is 26.3 Å². The van der Waals surface area contributed by atoms with Crippen molar-refractivity contribution in [1.82, 2.24) is 9.80 Å². The summed E-state index contributed by atoms with van der Waals surface area (Å²) in [6.07, 6.45) is -7.93. The van der Waals surface area contributed by atoms with Gasteiger partial charge in [-0.1, -0.05) is 12.1 Å². The van der Waals surface area contributed by atoms with Crippen molar-refractivity contribution in [2.24, 2.45) is 0 Å². The summed E-state index contributed by atoms with van der Waals surface area (Å²) in [6, 6.07) is 8.38. The third-order valence-corrected chi connectivity index (χ3v) is 5.73. The number of benzene rings is 1. The SMILES string of the molecule is COCCN1CCC2(CC1)CN(Cc1cccc(OC)c1)CCO2.O=C(O)C(F)(F)F.O=C(O)C(F)(F)F. The fourth-order valence-electron chi connectivity index (χ4n) is 3.79. The summed E-state index contributed by atoms with van der Waals surface area (Å²) in [5.74, 6) is -4.58. The normalized spacial score (nSPS) is 18.0. The van der Waals surface area contributed by atoms with Crippen molar-refractivity contribution < 1.29 is 60.4 Å². The maximum Gasteiger partial charge on any atom is 0.490 e. The van der Waals surface area contributed by atoms with E-state index in [-0.39, 0.29) is 5.60 Å². The van der Waals surface area contributed by atoms with E-state index in [4.69, 9.17) is 34.0 Å². The number of rotatable bonds is 6. The van der Waals surface area contributed by atoms with Crippen LogP contribution in [0.4, 0.5) is 26.3 Å². The van der Waals surface area contributed by atoms with Crippen LogP contribution in [0.1, 0.15) is 18.4 Å². The molecular weight excluding hydrogens is 530 g/mol. The molecule has 3 rings (SSSR count). The number of hydrogen-bond acceptors (Lipinski definition) is 7. The number of nitrogens with zero attached hydrogens (tertiary/aromatic N) is 2. The number of hydrogen-bond donors (Lipinski definition) is 2. The number of morpholine rings is 1. The Hall–Kier alpha value is -2.62. The van der Waals surface area contributed by atoms with Gasteiger partial charge in [-0.25, -0.2) is 9.59 Å². The van der Waals surface area contributed by atoms with E-state index >= 15 is 0 Å². The van der Waals surface area contributed by atoms with Crippen LogP contribution in [0.2, 0.25) is 0 Å². The molecule has 2 heterocycles. The van der Waals surface area contributed by atoms with Gasteiger partial charge in [0.2, 0.25) is 0 Å². The Morgan fingerprint density at radius 3 is 2.00 bits per heavy atom. The van der Waals surface area contributed by atoms with Crippen LogP contribution in [0.3, 0.4) is 0 Å². The van der Waals surface area contributed by atoms with Crippen molar-refractivity contribution in [3.63, 3.8) is 0 Å². The Bertz CT molecular complexity index is 851. The summed E-state index contributed by atoms with van der Waals surface area (Å²) >= 11 is 0. The minimum atomic E-state index is -5.08. The lowest BCUT2D eigenvalue weighted by Gasteiger charge is -2.47. The molecule has 1 aromatic rings. The third kappa shape index (κ3) is 12.3. The second-order valence-electron chi connectivity index (χ2n) is 8.53. The van der Waals surface area contributed by atoms with E-state index in [0.717, 1.165) is 71.1 Å². The zero-order chi connectivity index (χ0) is 29.0. The zero-order valence-electron chi connectivity index (χ0n) is 21.0. The van der Waals surface area contributed by atoms with Crippen molar-refractivity contribution in [3.8, 4) is 5.75 Å². The number of carbonyl (C=O) groups is 2. The number of methoxy groups -OCH3 is 2. The number of halogens is 6. The first-order valence-corrected chi connectivity index (χ1v) is 11.4. The molecule has 2 saturated heterocycles. The number of likely N-dealkylation sites (tertiary alicyclic amines) is 1. The van der Waals surface area contributed by atoms with Crippen LogP contribution in [0, 0.1) is 0 Å². The highest BCUT2D eigenvalue weighted by molar-refractivity contribution is 5.73. The van der Waals surface area contributed by atoms with Gasteiger partial charge in [-0.15, -0.1) is 0 Å². The van der Waals surface area contributed by atoms with E-state index in [1.165, 1.54) is 5.56 Å². The van der Waals surface area contributed by atoms with Crippen LogP contribution < -0.4 is 4.74 Å². The van der Waals surface area contributed by atoms with Crippen molar-refractivity contribution >= 4 is 11.9 Å². The summed E-state index contributed by atoms with van der Waals surface area (Å²) < 4.78 is 80.3. The molecule has 2 aliphatic heterocycles. The van der Waals surface area contributed by atoms with Gasteiger partial charge in [0.1, 0.15) is 5.75 Å². The van der Waals surface area contributed by atoms with Crippen LogP contribution in [-0.2, 0) is 25.6 Å². The van der Waals surface area contributed by atoms with E-state index in [0.29, 0.717) is 0 Å². The summed E-state index contributed by atoms with van der Waals surface area (Å²) in [5, 5.41) is 14.2. The highest BCUT2D eigenvalue weighted by Gasteiger charge is 2.40. The Balaban J connectivity index is 0.000000426. The molecule has 38 heavy (non-hydrogen) atoms. The molecule has 0 saturated carbocycles. The van der Waals surface area contributed by atoms with Crippen LogP contribution in [0.15, 0.2) is 24.3 Å². The van der Waals surface area contributed by atoms with E-state index in [1.54, 1.807) is 14.2 Å². The van der Waals surface area contributed by atoms with E-state index < -0.39 is 24.3 Å². The van der Waals surface area contributed by atoms with Gasteiger partial charge >= 0.3 is 24.3 Å². The molecule has 15 heteroatoms. The van der Waals surface area contributed by atoms with Gasteiger partial charge in [0.15, 0.2) is 0 Å². The largest absolute Gasteiger partial charge is 0.497 e. The molecule has 2 N–H and O–H groups in total. The molecule has 2 aliphatic rings. The number of carboxylic acids is 2. The van der Waals surface area contributed by atoms with Crippen LogP contribution in [-0.4, -0.2) is 110 Å². The van der Waals surface area contributed by atoms with Crippen LogP contribution in [0.5, 0.6) is 5.75 Å². The molecule has 0 unspecified atom stereocenters. The number of aliphatic carboxylic acids is 2. The zero-order valence-corrected chi connectivity index (χ0v) is 21.0. The fourth-order valence-corrected chi connectivity index (χ4v) is 3.79. The lowest BCUT2D eigenvalue weighted by molar-refractivity contribution is -0.193. The van der Waals surface area contributed by atoms with Crippen LogP contribution >= 0.6 is 0 Å². The quantitative estimate of drug-likeness (QED) is 0.505. The van der Waals surface area contributed by atoms with E-state index in [1.807, 2.05) is 6.07 Å². The maximum atomic E-state index is 10.6. The lowest BCUT2D eigenvalue weighted by atomic mass is 9.89. The third-order valence-electron chi connectivity index (χ3n) is 5.73. The van der Waals surface area contributed by atoms with Gasteiger partial charge in [0, 0.05) is 46.4 Å². The maximum absolute atomic E-state index is 10.6.